The van der Waals surface area contributed by atoms with E-state index in [9.17, 15) is 10.1 Å². The molecule has 1 aromatic heterocycles. The lowest BCUT2D eigenvalue weighted by molar-refractivity contribution is -0.116. The van der Waals surface area contributed by atoms with E-state index < -0.39 is 0 Å². The van der Waals surface area contributed by atoms with E-state index in [0.717, 1.165) is 41.7 Å². The maximum atomic E-state index is 12.9. The molecule has 0 radical (unpaired) electrons. The molecular formula is C22H19N3O2S. The third-order valence-electron chi connectivity index (χ3n) is 4.85. The van der Waals surface area contributed by atoms with E-state index in [1.165, 1.54) is 17.3 Å². The highest BCUT2D eigenvalue weighted by atomic mass is 32.2. The molecule has 0 N–H and O–H groups in total. The first-order chi connectivity index (χ1) is 13.7. The standard InChI is InChI=1S/C22H19N3O2S/c1-27-18-8-9-19-16(12-18)11-17(13-23)22(24-19)28-14-21(26)25-10-4-6-15-5-2-3-7-20(15)25/h2-3,5,7-9,11-12H,4,6,10,14H2,1H3. The van der Waals surface area contributed by atoms with Crippen molar-refractivity contribution in [2.75, 3.05) is 24.3 Å². The van der Waals surface area contributed by atoms with Gasteiger partial charge in [-0.05, 0) is 48.7 Å². The number of nitrogens with zero attached hydrogens (tertiary/aromatic N) is 3. The van der Waals surface area contributed by atoms with Crippen LogP contribution in [0.5, 0.6) is 5.75 Å². The number of fused-ring (bicyclic) bond motifs is 2. The van der Waals surface area contributed by atoms with Crippen LogP contribution in [0.4, 0.5) is 5.69 Å². The van der Waals surface area contributed by atoms with Crippen LogP contribution >= 0.6 is 11.8 Å². The Labute approximate surface area is 167 Å². The van der Waals surface area contributed by atoms with Crippen LogP contribution in [-0.2, 0) is 11.2 Å². The van der Waals surface area contributed by atoms with Crippen LogP contribution in [0.25, 0.3) is 10.9 Å². The average Bonchev–Trinajstić information content (AvgIpc) is 2.75. The van der Waals surface area contributed by atoms with Gasteiger partial charge in [-0.2, -0.15) is 5.26 Å². The number of pyridine rings is 1. The third-order valence-corrected chi connectivity index (χ3v) is 5.83. The monoisotopic (exact) mass is 389 g/mol. The summed E-state index contributed by atoms with van der Waals surface area (Å²) in [6.45, 7) is 0.729. The summed E-state index contributed by atoms with van der Waals surface area (Å²) in [5.74, 6) is 1.01. The van der Waals surface area contributed by atoms with Crippen LogP contribution in [0.1, 0.15) is 17.5 Å². The van der Waals surface area contributed by atoms with Crippen LogP contribution in [0.2, 0.25) is 0 Å². The van der Waals surface area contributed by atoms with Gasteiger partial charge in [0.2, 0.25) is 5.91 Å². The molecule has 0 aliphatic carbocycles. The van der Waals surface area contributed by atoms with Crippen molar-refractivity contribution in [3.63, 3.8) is 0 Å². The second-order valence-corrected chi connectivity index (χ2v) is 7.54. The van der Waals surface area contributed by atoms with Crippen LogP contribution in [0.15, 0.2) is 53.6 Å². The zero-order chi connectivity index (χ0) is 19.5. The molecule has 28 heavy (non-hydrogen) atoms. The summed E-state index contributed by atoms with van der Waals surface area (Å²) in [7, 11) is 1.61. The minimum Gasteiger partial charge on any atom is -0.497 e. The van der Waals surface area contributed by atoms with E-state index in [1.54, 1.807) is 13.2 Å². The number of para-hydroxylation sites is 1. The Morgan fingerprint density at radius 2 is 2.14 bits per heavy atom. The summed E-state index contributed by atoms with van der Waals surface area (Å²) in [5, 5.41) is 10.9. The number of ether oxygens (including phenoxy) is 1. The number of methoxy groups -OCH3 is 1. The molecule has 5 nitrogen and oxygen atoms in total. The number of aryl methyl sites for hydroxylation is 1. The summed E-state index contributed by atoms with van der Waals surface area (Å²) in [6, 6.07) is 17.6. The predicted molar refractivity (Wildman–Crippen MR) is 111 cm³/mol. The van der Waals surface area contributed by atoms with Crippen molar-refractivity contribution in [2.24, 2.45) is 0 Å². The number of benzene rings is 2. The lowest BCUT2D eigenvalue weighted by Crippen LogP contribution is -2.36. The van der Waals surface area contributed by atoms with E-state index in [0.29, 0.717) is 10.6 Å². The molecule has 0 spiro atoms. The minimum atomic E-state index is 0.0395. The van der Waals surface area contributed by atoms with Gasteiger partial charge in [-0.3, -0.25) is 4.79 Å². The van der Waals surface area contributed by atoms with Gasteiger partial charge in [-0.15, -0.1) is 0 Å². The van der Waals surface area contributed by atoms with Crippen LogP contribution in [0.3, 0.4) is 0 Å². The molecule has 1 aliphatic rings. The Bertz CT molecular complexity index is 1090. The van der Waals surface area contributed by atoms with Gasteiger partial charge in [0.1, 0.15) is 16.8 Å². The number of hydrogen-bond acceptors (Lipinski definition) is 5. The second-order valence-electron chi connectivity index (χ2n) is 6.58. The van der Waals surface area contributed by atoms with Crippen LogP contribution in [-0.4, -0.2) is 30.3 Å². The summed E-state index contributed by atoms with van der Waals surface area (Å²) in [4.78, 5) is 19.3. The van der Waals surface area contributed by atoms with Crippen LogP contribution in [0, 0.1) is 11.3 Å². The molecule has 1 amide bonds. The quantitative estimate of drug-likeness (QED) is 0.626. The average molecular weight is 389 g/mol. The summed E-state index contributed by atoms with van der Waals surface area (Å²) in [5.41, 5.74) is 3.46. The molecule has 4 rings (SSSR count). The SMILES string of the molecule is COc1ccc2nc(SCC(=O)N3CCCc4ccccc43)c(C#N)cc2c1. The van der Waals surface area contributed by atoms with E-state index in [2.05, 4.69) is 17.1 Å². The number of thioether (sulfide) groups is 1. The second kappa shape index (κ2) is 7.91. The van der Waals surface area contributed by atoms with Gasteiger partial charge in [0.05, 0.1) is 23.9 Å². The van der Waals surface area contributed by atoms with Gasteiger partial charge in [0.25, 0.3) is 0 Å². The van der Waals surface area contributed by atoms with Gasteiger partial charge in [-0.25, -0.2) is 4.98 Å². The maximum Gasteiger partial charge on any atom is 0.237 e. The normalized spacial score (nSPS) is 13.1. The molecule has 0 saturated carbocycles. The van der Waals surface area contributed by atoms with Crippen molar-refractivity contribution in [1.82, 2.24) is 4.98 Å². The highest BCUT2D eigenvalue weighted by Crippen LogP contribution is 2.30. The molecule has 2 heterocycles. The molecule has 3 aromatic rings. The minimum absolute atomic E-state index is 0.0395. The molecule has 1 aliphatic heterocycles. The molecule has 0 bridgehead atoms. The first-order valence-corrected chi connectivity index (χ1v) is 10.1. The van der Waals surface area contributed by atoms with Crippen molar-refractivity contribution in [3.8, 4) is 11.8 Å². The Hall–Kier alpha value is -3.04. The number of amides is 1. The van der Waals surface area contributed by atoms with E-state index >= 15 is 0 Å². The van der Waals surface area contributed by atoms with Crippen molar-refractivity contribution < 1.29 is 9.53 Å². The number of anilines is 1. The van der Waals surface area contributed by atoms with Crippen molar-refractivity contribution in [1.29, 1.82) is 5.26 Å². The highest BCUT2D eigenvalue weighted by molar-refractivity contribution is 8.00. The molecular weight excluding hydrogens is 370 g/mol. The fourth-order valence-electron chi connectivity index (χ4n) is 3.45. The van der Waals surface area contributed by atoms with Gasteiger partial charge >= 0.3 is 0 Å². The Morgan fingerprint density at radius 1 is 1.29 bits per heavy atom. The number of hydrogen-bond donors (Lipinski definition) is 0. The zero-order valence-corrected chi connectivity index (χ0v) is 16.3. The molecule has 6 heteroatoms. The lowest BCUT2D eigenvalue weighted by atomic mass is 10.0. The van der Waals surface area contributed by atoms with E-state index in [-0.39, 0.29) is 11.7 Å². The first-order valence-electron chi connectivity index (χ1n) is 9.09. The van der Waals surface area contributed by atoms with Crippen molar-refractivity contribution >= 4 is 34.3 Å². The van der Waals surface area contributed by atoms with Gasteiger partial charge in [0, 0.05) is 17.6 Å². The predicted octanol–water partition coefficient (Wildman–Crippen LogP) is 4.19. The summed E-state index contributed by atoms with van der Waals surface area (Å²) >= 11 is 1.32. The first kappa shape index (κ1) is 18.3. The van der Waals surface area contributed by atoms with Crippen molar-refractivity contribution in [3.05, 3.63) is 59.7 Å². The number of carbonyl (C=O) groups excluding carboxylic acids is 1. The molecule has 0 atom stereocenters. The van der Waals surface area contributed by atoms with E-state index in [1.807, 2.05) is 41.3 Å². The smallest absolute Gasteiger partial charge is 0.237 e. The number of carbonyl (C=O) groups is 1. The van der Waals surface area contributed by atoms with Gasteiger partial charge in [0.15, 0.2) is 0 Å². The Kier molecular flexibility index (Phi) is 5.18. The lowest BCUT2D eigenvalue weighted by Gasteiger charge is -2.29. The highest BCUT2D eigenvalue weighted by Gasteiger charge is 2.22. The number of nitriles is 1. The van der Waals surface area contributed by atoms with Crippen molar-refractivity contribution in [2.45, 2.75) is 17.9 Å². The molecule has 0 saturated heterocycles. The molecule has 0 fully saturated rings. The fraction of sp³-hybridized carbons (Fsp3) is 0.227. The third kappa shape index (κ3) is 3.54. The van der Waals surface area contributed by atoms with E-state index in [4.69, 9.17) is 4.74 Å². The fourth-order valence-corrected chi connectivity index (χ4v) is 4.29. The summed E-state index contributed by atoms with van der Waals surface area (Å²) in [6.07, 6.45) is 1.97. The van der Waals surface area contributed by atoms with Gasteiger partial charge < -0.3 is 9.64 Å². The Balaban J connectivity index is 1.56. The number of rotatable bonds is 4. The topological polar surface area (TPSA) is 66.2 Å². The summed E-state index contributed by atoms with van der Waals surface area (Å²) < 4.78 is 5.23. The maximum absolute atomic E-state index is 12.9. The molecule has 140 valence electrons. The van der Waals surface area contributed by atoms with Gasteiger partial charge in [-0.1, -0.05) is 30.0 Å². The Morgan fingerprint density at radius 3 is 2.96 bits per heavy atom. The largest absolute Gasteiger partial charge is 0.497 e. The molecule has 2 aromatic carbocycles. The molecule has 0 unspecified atom stereocenters. The van der Waals surface area contributed by atoms with Crippen LogP contribution < -0.4 is 9.64 Å². The zero-order valence-electron chi connectivity index (χ0n) is 15.5. The number of aromatic nitrogens is 1.